The molecule has 0 saturated heterocycles. The van der Waals surface area contributed by atoms with Crippen LogP contribution < -0.4 is 16.0 Å². The van der Waals surface area contributed by atoms with E-state index in [1.54, 1.807) is 42.7 Å². The van der Waals surface area contributed by atoms with Gasteiger partial charge in [0.15, 0.2) is 9.84 Å². The van der Waals surface area contributed by atoms with Crippen LogP contribution in [0.1, 0.15) is 6.42 Å². The maximum Gasteiger partial charge on any atom is 0.251 e. The summed E-state index contributed by atoms with van der Waals surface area (Å²) in [6.07, 6.45) is 7.02. The number of amides is 1. The van der Waals surface area contributed by atoms with Crippen LogP contribution in [-0.4, -0.2) is 40.4 Å². The molecule has 3 rings (SSSR count). The number of ether oxygens (including phenoxy) is 1. The van der Waals surface area contributed by atoms with Gasteiger partial charge in [0.2, 0.25) is 11.8 Å². The standard InChI is InChI=1S/C20H20N4O5S/c1-30(27,28)17(20(21)26)7-11-24-10-6-15(12-19(24)25)14-2-4-16(5-3-14)29-18-13-22-8-9-23-18/h2-6,8-10,12-13,17H,7,11H2,1H3,(H2,21,26). The molecule has 2 heterocycles. The average molecular weight is 428 g/mol. The number of carbonyl (C=O) groups is 1. The first kappa shape index (κ1) is 21.2. The zero-order valence-electron chi connectivity index (χ0n) is 16.1. The molecule has 30 heavy (non-hydrogen) atoms. The summed E-state index contributed by atoms with van der Waals surface area (Å²) in [6.45, 7) is 0.0602. The molecule has 0 aliphatic rings. The molecule has 0 saturated carbocycles. The molecular weight excluding hydrogens is 408 g/mol. The van der Waals surface area contributed by atoms with E-state index in [1.165, 1.54) is 23.0 Å². The Labute approximate surface area is 173 Å². The number of primary amides is 1. The molecule has 3 aromatic rings. The normalized spacial score (nSPS) is 12.3. The molecular formula is C20H20N4O5S. The summed E-state index contributed by atoms with van der Waals surface area (Å²) in [5.74, 6) is 0.0213. The highest BCUT2D eigenvalue weighted by Crippen LogP contribution is 2.24. The van der Waals surface area contributed by atoms with Crippen LogP contribution in [0.25, 0.3) is 11.1 Å². The van der Waals surface area contributed by atoms with Gasteiger partial charge < -0.3 is 15.0 Å². The molecule has 0 aliphatic carbocycles. The Morgan fingerprint density at radius 3 is 2.47 bits per heavy atom. The maximum atomic E-state index is 12.4. The van der Waals surface area contributed by atoms with Crippen molar-refractivity contribution in [1.82, 2.24) is 14.5 Å². The molecule has 10 heteroatoms. The Morgan fingerprint density at radius 1 is 1.17 bits per heavy atom. The molecule has 1 amide bonds. The Balaban J connectivity index is 1.72. The molecule has 156 valence electrons. The summed E-state index contributed by atoms with van der Waals surface area (Å²) in [7, 11) is -3.64. The van der Waals surface area contributed by atoms with Gasteiger partial charge in [0.05, 0.1) is 6.20 Å². The summed E-state index contributed by atoms with van der Waals surface area (Å²) in [4.78, 5) is 31.7. The van der Waals surface area contributed by atoms with E-state index in [0.29, 0.717) is 17.2 Å². The molecule has 2 N–H and O–H groups in total. The van der Waals surface area contributed by atoms with Gasteiger partial charge in [-0.1, -0.05) is 12.1 Å². The first-order chi connectivity index (χ1) is 14.2. The average Bonchev–Trinajstić information content (AvgIpc) is 2.69. The third-order valence-corrected chi connectivity index (χ3v) is 5.91. The smallest absolute Gasteiger partial charge is 0.251 e. The Bertz CT molecular complexity index is 1190. The number of nitrogens with two attached hydrogens (primary N) is 1. The predicted octanol–water partition coefficient (Wildman–Crippen LogP) is 1.39. The van der Waals surface area contributed by atoms with E-state index in [-0.39, 0.29) is 18.5 Å². The molecule has 0 aliphatic heterocycles. The van der Waals surface area contributed by atoms with Crippen LogP contribution in [0.4, 0.5) is 0 Å². The van der Waals surface area contributed by atoms with E-state index in [0.717, 1.165) is 11.8 Å². The van der Waals surface area contributed by atoms with Crippen molar-refractivity contribution in [2.75, 3.05) is 6.26 Å². The molecule has 0 bridgehead atoms. The maximum absolute atomic E-state index is 12.4. The number of benzene rings is 1. The Morgan fingerprint density at radius 2 is 1.90 bits per heavy atom. The van der Waals surface area contributed by atoms with Gasteiger partial charge in [0.25, 0.3) is 5.56 Å². The first-order valence-corrected chi connectivity index (χ1v) is 10.9. The monoisotopic (exact) mass is 428 g/mol. The molecule has 0 fully saturated rings. The summed E-state index contributed by atoms with van der Waals surface area (Å²) < 4.78 is 30.2. The predicted molar refractivity (Wildman–Crippen MR) is 111 cm³/mol. The number of carbonyl (C=O) groups excluding carboxylic acids is 1. The number of sulfone groups is 1. The summed E-state index contributed by atoms with van der Waals surface area (Å²) in [6, 6.07) is 10.3. The van der Waals surface area contributed by atoms with Crippen molar-refractivity contribution in [3.05, 3.63) is 71.5 Å². The van der Waals surface area contributed by atoms with E-state index in [1.807, 2.05) is 0 Å². The van der Waals surface area contributed by atoms with Crippen LogP contribution >= 0.6 is 0 Å². The highest BCUT2D eigenvalue weighted by Gasteiger charge is 2.26. The van der Waals surface area contributed by atoms with Gasteiger partial charge in [-0.05, 0) is 35.7 Å². The second-order valence-electron chi connectivity index (χ2n) is 6.63. The largest absolute Gasteiger partial charge is 0.438 e. The number of pyridine rings is 1. The number of aromatic nitrogens is 3. The molecule has 0 spiro atoms. The number of aryl methyl sites for hydroxylation is 1. The van der Waals surface area contributed by atoms with Crippen molar-refractivity contribution in [1.29, 1.82) is 0 Å². The molecule has 1 atom stereocenters. The van der Waals surface area contributed by atoms with Gasteiger partial charge in [-0.3, -0.25) is 14.6 Å². The SMILES string of the molecule is CS(=O)(=O)C(CCn1ccc(-c2ccc(Oc3cnccn3)cc2)cc1=O)C(N)=O. The number of hydrogen-bond acceptors (Lipinski definition) is 7. The zero-order chi connectivity index (χ0) is 21.7. The van der Waals surface area contributed by atoms with E-state index in [2.05, 4.69) is 9.97 Å². The van der Waals surface area contributed by atoms with Crippen LogP contribution in [0.5, 0.6) is 11.6 Å². The van der Waals surface area contributed by atoms with Crippen LogP contribution in [0.3, 0.4) is 0 Å². The number of nitrogens with zero attached hydrogens (tertiary/aromatic N) is 3. The van der Waals surface area contributed by atoms with Crippen LogP contribution in [0.15, 0.2) is 66.0 Å². The van der Waals surface area contributed by atoms with E-state index in [4.69, 9.17) is 10.5 Å². The van der Waals surface area contributed by atoms with Crippen molar-refractivity contribution >= 4 is 15.7 Å². The third-order valence-electron chi connectivity index (χ3n) is 4.41. The Hall–Kier alpha value is -3.53. The van der Waals surface area contributed by atoms with Crippen LogP contribution in [0, 0.1) is 0 Å². The van der Waals surface area contributed by atoms with E-state index in [9.17, 15) is 18.0 Å². The zero-order valence-corrected chi connectivity index (χ0v) is 17.0. The number of hydrogen-bond donors (Lipinski definition) is 1. The third kappa shape index (κ3) is 5.29. The second-order valence-corrected chi connectivity index (χ2v) is 8.85. The lowest BCUT2D eigenvalue weighted by Gasteiger charge is -2.13. The van der Waals surface area contributed by atoms with Crippen molar-refractivity contribution in [2.24, 2.45) is 5.73 Å². The van der Waals surface area contributed by atoms with E-state index >= 15 is 0 Å². The molecule has 0 radical (unpaired) electrons. The lowest BCUT2D eigenvalue weighted by atomic mass is 10.1. The van der Waals surface area contributed by atoms with Gasteiger partial charge in [-0.15, -0.1) is 0 Å². The van der Waals surface area contributed by atoms with Crippen molar-refractivity contribution in [3.63, 3.8) is 0 Å². The minimum Gasteiger partial charge on any atom is -0.438 e. The number of rotatable bonds is 8. The quantitative estimate of drug-likeness (QED) is 0.573. The van der Waals surface area contributed by atoms with Crippen LogP contribution in [0.2, 0.25) is 0 Å². The van der Waals surface area contributed by atoms with Gasteiger partial charge in [-0.2, -0.15) is 0 Å². The lowest BCUT2D eigenvalue weighted by molar-refractivity contribution is -0.117. The summed E-state index contributed by atoms with van der Waals surface area (Å²) in [5, 5.41) is -1.33. The highest BCUT2D eigenvalue weighted by molar-refractivity contribution is 7.92. The fraction of sp³-hybridized carbons (Fsp3) is 0.200. The van der Waals surface area contributed by atoms with Crippen molar-refractivity contribution < 1.29 is 17.9 Å². The fourth-order valence-corrected chi connectivity index (χ4v) is 3.83. The highest BCUT2D eigenvalue weighted by atomic mass is 32.2. The first-order valence-electron chi connectivity index (χ1n) is 8.97. The van der Waals surface area contributed by atoms with Gasteiger partial charge in [0.1, 0.15) is 11.0 Å². The van der Waals surface area contributed by atoms with Crippen LogP contribution in [-0.2, 0) is 21.2 Å². The molecule has 2 aromatic heterocycles. The Kier molecular flexibility index (Phi) is 6.26. The molecule has 1 unspecified atom stereocenters. The van der Waals surface area contributed by atoms with Gasteiger partial charge >= 0.3 is 0 Å². The van der Waals surface area contributed by atoms with Gasteiger partial charge in [0, 0.05) is 37.5 Å². The van der Waals surface area contributed by atoms with Crippen molar-refractivity contribution in [2.45, 2.75) is 18.2 Å². The van der Waals surface area contributed by atoms with E-state index < -0.39 is 21.0 Å². The van der Waals surface area contributed by atoms with Crippen molar-refractivity contribution in [3.8, 4) is 22.8 Å². The summed E-state index contributed by atoms with van der Waals surface area (Å²) in [5.41, 5.74) is 6.34. The fourth-order valence-electron chi connectivity index (χ4n) is 2.87. The molecule has 1 aromatic carbocycles. The topological polar surface area (TPSA) is 134 Å². The minimum atomic E-state index is -3.64. The molecule has 9 nitrogen and oxygen atoms in total. The second kappa shape index (κ2) is 8.87. The van der Waals surface area contributed by atoms with Gasteiger partial charge in [-0.25, -0.2) is 13.4 Å². The minimum absolute atomic E-state index is 0.0602. The summed E-state index contributed by atoms with van der Waals surface area (Å²) >= 11 is 0. The lowest BCUT2D eigenvalue weighted by Crippen LogP contribution is -2.36.